The van der Waals surface area contributed by atoms with Gasteiger partial charge in [0, 0.05) is 36.2 Å². The summed E-state index contributed by atoms with van der Waals surface area (Å²) in [6, 6.07) is 4.85. The van der Waals surface area contributed by atoms with Crippen LogP contribution in [0, 0.1) is 10.1 Å². The highest BCUT2D eigenvalue weighted by atomic mass is 16.6. The van der Waals surface area contributed by atoms with Crippen LogP contribution in [0.15, 0.2) is 40.4 Å². The highest BCUT2D eigenvalue weighted by molar-refractivity contribution is 5.87. The molecule has 1 amide bonds. The first-order valence-electron chi connectivity index (χ1n) is 11.4. The second-order valence-corrected chi connectivity index (χ2v) is 8.28. The van der Waals surface area contributed by atoms with Gasteiger partial charge in [-0.1, -0.05) is 25.1 Å². The molecule has 3 rings (SSSR count). The molecule has 0 bridgehead atoms. The number of nitro benzene ring substituents is 1. The lowest BCUT2D eigenvalue weighted by Gasteiger charge is -2.38. The van der Waals surface area contributed by atoms with E-state index in [0.29, 0.717) is 5.56 Å². The van der Waals surface area contributed by atoms with Crippen molar-refractivity contribution in [1.29, 1.82) is 0 Å². The average molecular weight is 488 g/mol. The number of aliphatic carboxylic acids is 1. The van der Waals surface area contributed by atoms with Crippen LogP contribution in [0.25, 0.3) is 11.5 Å². The fourth-order valence-electron chi connectivity index (χ4n) is 3.98. The van der Waals surface area contributed by atoms with E-state index in [1.807, 2.05) is 13.8 Å². The Balaban J connectivity index is 1.79. The summed E-state index contributed by atoms with van der Waals surface area (Å²) in [5.74, 6) is -0.922. The van der Waals surface area contributed by atoms with Gasteiger partial charge < -0.3 is 25.0 Å². The number of aromatic nitrogens is 2. The number of nitro groups is 1. The van der Waals surface area contributed by atoms with Gasteiger partial charge in [-0.25, -0.2) is 4.79 Å². The van der Waals surface area contributed by atoms with E-state index in [2.05, 4.69) is 20.8 Å². The zero-order valence-corrected chi connectivity index (χ0v) is 19.8. The molecule has 1 aromatic carbocycles. The maximum Gasteiger partial charge on any atom is 0.331 e. The van der Waals surface area contributed by atoms with E-state index in [1.54, 1.807) is 12.1 Å². The number of carboxylic acids is 1. The summed E-state index contributed by atoms with van der Waals surface area (Å²) in [6.45, 7) is 5.48. The smallest absolute Gasteiger partial charge is 0.331 e. The largest absolute Gasteiger partial charge is 0.478 e. The van der Waals surface area contributed by atoms with Gasteiger partial charge in [-0.05, 0) is 31.4 Å². The third-order valence-corrected chi connectivity index (χ3v) is 5.79. The van der Waals surface area contributed by atoms with Crippen LogP contribution in [0.5, 0.6) is 0 Å². The lowest BCUT2D eigenvalue weighted by atomic mass is 9.87. The third kappa shape index (κ3) is 6.70. The van der Waals surface area contributed by atoms with Gasteiger partial charge in [0.05, 0.1) is 29.7 Å². The molecule has 3 atom stereocenters. The van der Waals surface area contributed by atoms with Gasteiger partial charge >= 0.3 is 5.97 Å². The number of non-ortho nitro benzene ring substituents is 1. The van der Waals surface area contributed by atoms with Gasteiger partial charge in [0.1, 0.15) is 0 Å². The van der Waals surface area contributed by atoms with Crippen molar-refractivity contribution in [3.8, 4) is 11.5 Å². The molecule has 3 N–H and O–H groups in total. The highest BCUT2D eigenvalue weighted by Crippen LogP contribution is 2.26. The van der Waals surface area contributed by atoms with Crippen LogP contribution in [0.2, 0.25) is 0 Å². The Morgan fingerprint density at radius 2 is 2.09 bits per heavy atom. The van der Waals surface area contributed by atoms with E-state index in [9.17, 15) is 24.8 Å². The summed E-state index contributed by atoms with van der Waals surface area (Å²) in [5.41, 5.74) is 0.490. The number of amides is 1. The van der Waals surface area contributed by atoms with E-state index in [-0.39, 0.29) is 48.0 Å². The highest BCUT2D eigenvalue weighted by Gasteiger charge is 2.37. The Morgan fingerprint density at radius 1 is 1.34 bits per heavy atom. The van der Waals surface area contributed by atoms with Crippen molar-refractivity contribution in [2.24, 2.45) is 0 Å². The monoisotopic (exact) mass is 487 g/mol. The van der Waals surface area contributed by atoms with Crippen molar-refractivity contribution in [2.45, 2.75) is 70.9 Å². The number of hydrogen-bond acceptors (Lipinski definition) is 9. The van der Waals surface area contributed by atoms with Crippen LogP contribution < -0.4 is 10.6 Å². The summed E-state index contributed by atoms with van der Waals surface area (Å²) in [6.07, 6.45) is 2.49. The van der Waals surface area contributed by atoms with Crippen LogP contribution in [0.1, 0.15) is 45.9 Å². The molecular weight excluding hydrogens is 458 g/mol. The van der Waals surface area contributed by atoms with Crippen LogP contribution in [0.4, 0.5) is 5.69 Å². The number of nitrogens with one attached hydrogen (secondary N) is 2. The van der Waals surface area contributed by atoms with Crippen molar-refractivity contribution < 1.29 is 28.9 Å². The number of carbonyl (C=O) groups is 2. The van der Waals surface area contributed by atoms with E-state index in [4.69, 9.17) is 9.26 Å². The molecule has 35 heavy (non-hydrogen) atoms. The zero-order chi connectivity index (χ0) is 25.5. The minimum atomic E-state index is -1.05. The summed E-state index contributed by atoms with van der Waals surface area (Å²) in [4.78, 5) is 38.5. The molecule has 0 saturated heterocycles. The van der Waals surface area contributed by atoms with E-state index < -0.39 is 29.1 Å². The number of nitrogens with zero attached hydrogens (tertiary/aromatic N) is 3. The van der Waals surface area contributed by atoms with Crippen molar-refractivity contribution in [2.75, 3.05) is 0 Å². The zero-order valence-electron chi connectivity index (χ0n) is 19.8. The number of carboxylic acid groups (broad SMARTS) is 1. The van der Waals surface area contributed by atoms with E-state index in [0.717, 1.165) is 12.8 Å². The molecule has 1 heterocycles. The van der Waals surface area contributed by atoms with Gasteiger partial charge in [-0.15, -0.1) is 0 Å². The van der Waals surface area contributed by atoms with Crippen LogP contribution in [0.3, 0.4) is 0 Å². The minimum Gasteiger partial charge on any atom is -0.478 e. The molecule has 12 heteroatoms. The maximum atomic E-state index is 11.9. The molecule has 2 aromatic rings. The lowest BCUT2D eigenvalue weighted by molar-refractivity contribution is -0.384. The lowest BCUT2D eigenvalue weighted by Crippen LogP contribution is -2.58. The molecule has 0 aliphatic heterocycles. The topological polar surface area (TPSA) is 170 Å². The molecule has 1 unspecified atom stereocenters. The fourth-order valence-corrected chi connectivity index (χ4v) is 3.98. The molecule has 0 saturated carbocycles. The molecule has 0 radical (unpaired) electrons. The molecule has 0 fully saturated rings. The molecule has 1 aromatic heterocycles. The summed E-state index contributed by atoms with van der Waals surface area (Å²) < 4.78 is 11.4. The Hall–Kier alpha value is -3.64. The quantitative estimate of drug-likeness (QED) is 0.316. The number of carbonyl (C=O) groups excluding carboxylic acids is 1. The molecule has 0 spiro atoms. The van der Waals surface area contributed by atoms with Crippen molar-refractivity contribution >= 4 is 17.6 Å². The Morgan fingerprint density at radius 3 is 2.71 bits per heavy atom. The number of ether oxygens (including phenoxy) is 1. The predicted octanol–water partition coefficient (Wildman–Crippen LogP) is 2.60. The second kappa shape index (κ2) is 11.7. The number of benzene rings is 1. The standard InChI is InChI=1S/C23H29N5O7/c1-4-17(5-2)34-19-11-15(23(30)31)10-18(21(19)25-13(3)29)24-12-20-26-22(35-27-20)14-7-6-8-16(9-14)28(32)33/h6-9,11,17-19,21,24H,4-5,10,12H2,1-3H3,(H,25,29)(H,30,31)/t18-,19+,21?/m0/s1. The SMILES string of the molecule is CCC(CC)O[C@@H]1C=C(C(=O)O)C[C@H](NCc2noc(-c3cccc([N+](=O)[O-])c3)n2)C1NC(C)=O. The fraction of sp³-hybridized carbons (Fsp3) is 0.478. The third-order valence-electron chi connectivity index (χ3n) is 5.79. The minimum absolute atomic E-state index is 0.0870. The van der Waals surface area contributed by atoms with Crippen LogP contribution in [-0.2, 0) is 20.9 Å². The maximum absolute atomic E-state index is 11.9. The second-order valence-electron chi connectivity index (χ2n) is 8.28. The number of rotatable bonds is 11. The van der Waals surface area contributed by atoms with Gasteiger partial charge in [0.15, 0.2) is 5.82 Å². The van der Waals surface area contributed by atoms with Crippen molar-refractivity contribution in [1.82, 2.24) is 20.8 Å². The Labute approximate surface area is 201 Å². The predicted molar refractivity (Wildman–Crippen MR) is 124 cm³/mol. The first kappa shape index (κ1) is 26.0. The summed E-state index contributed by atoms with van der Waals surface area (Å²) in [5, 5.41) is 30.7. The molecule has 188 valence electrons. The first-order valence-corrected chi connectivity index (χ1v) is 11.4. The molecule has 12 nitrogen and oxygen atoms in total. The van der Waals surface area contributed by atoms with Crippen LogP contribution >= 0.6 is 0 Å². The van der Waals surface area contributed by atoms with Gasteiger partial charge in [-0.3, -0.25) is 14.9 Å². The van der Waals surface area contributed by atoms with Crippen LogP contribution in [-0.4, -0.2) is 56.3 Å². The number of hydrogen-bond donors (Lipinski definition) is 3. The Bertz CT molecular complexity index is 1100. The molecule has 1 aliphatic rings. The average Bonchev–Trinajstić information content (AvgIpc) is 3.31. The summed E-state index contributed by atoms with van der Waals surface area (Å²) >= 11 is 0. The summed E-state index contributed by atoms with van der Waals surface area (Å²) in [7, 11) is 0. The van der Waals surface area contributed by atoms with Crippen molar-refractivity contribution in [3.63, 3.8) is 0 Å². The normalized spacial score (nSPS) is 19.9. The molecule has 1 aliphatic carbocycles. The Kier molecular flexibility index (Phi) is 8.66. The van der Waals surface area contributed by atoms with E-state index >= 15 is 0 Å². The first-order chi connectivity index (χ1) is 16.7. The molecular formula is C23H29N5O7. The van der Waals surface area contributed by atoms with Crippen molar-refractivity contribution in [3.05, 3.63) is 51.9 Å². The van der Waals surface area contributed by atoms with Gasteiger partial charge in [0.2, 0.25) is 5.91 Å². The van der Waals surface area contributed by atoms with E-state index in [1.165, 1.54) is 25.1 Å². The van der Waals surface area contributed by atoms with Gasteiger partial charge in [0.25, 0.3) is 11.6 Å². The van der Waals surface area contributed by atoms with Gasteiger partial charge in [-0.2, -0.15) is 4.98 Å².